The van der Waals surface area contributed by atoms with E-state index in [1.54, 1.807) is 24.3 Å². The maximum absolute atomic E-state index is 13.1. The van der Waals surface area contributed by atoms with Crippen LogP contribution < -0.4 is 10.2 Å². The summed E-state index contributed by atoms with van der Waals surface area (Å²) in [5.74, 6) is 0.0760. The first-order valence-electron chi connectivity index (χ1n) is 8.89. The number of aromatic nitrogens is 2. The Bertz CT molecular complexity index is 930. The quantitative estimate of drug-likeness (QED) is 0.708. The molecule has 140 valence electrons. The van der Waals surface area contributed by atoms with Gasteiger partial charge >= 0.3 is 0 Å². The van der Waals surface area contributed by atoms with Gasteiger partial charge in [-0.05, 0) is 48.7 Å². The molecule has 0 spiro atoms. The van der Waals surface area contributed by atoms with Crippen molar-refractivity contribution in [3.05, 3.63) is 60.2 Å². The fourth-order valence-electron chi connectivity index (χ4n) is 3.45. The number of benzene rings is 2. The fourth-order valence-corrected chi connectivity index (χ4v) is 3.45. The molecular weight excluding hydrogens is 353 g/mol. The van der Waals surface area contributed by atoms with Crippen LogP contribution in [0.5, 0.6) is 0 Å². The van der Waals surface area contributed by atoms with E-state index >= 15 is 0 Å². The number of nitrogens with zero attached hydrogens (tertiary/aromatic N) is 3. The number of hydrogen-bond acceptors (Lipinski definition) is 4. The van der Waals surface area contributed by atoms with E-state index in [0.717, 1.165) is 30.6 Å². The molecule has 1 saturated heterocycles. The molecule has 1 fully saturated rings. The van der Waals surface area contributed by atoms with Crippen molar-refractivity contribution in [3.8, 4) is 0 Å². The third-order valence-electron chi connectivity index (χ3n) is 4.85. The van der Waals surface area contributed by atoms with Gasteiger partial charge in [0, 0.05) is 30.7 Å². The summed E-state index contributed by atoms with van der Waals surface area (Å²) in [6.07, 6.45) is -1.75. The summed E-state index contributed by atoms with van der Waals surface area (Å²) < 4.78 is 39.3. The van der Waals surface area contributed by atoms with E-state index in [-0.39, 0.29) is 5.82 Å². The van der Waals surface area contributed by atoms with Crippen molar-refractivity contribution in [1.82, 2.24) is 9.97 Å². The lowest BCUT2D eigenvalue weighted by Crippen LogP contribution is -2.22. The van der Waals surface area contributed by atoms with Gasteiger partial charge in [0.1, 0.15) is 11.6 Å². The highest BCUT2D eigenvalue weighted by atomic mass is 19.3. The topological polar surface area (TPSA) is 41.0 Å². The van der Waals surface area contributed by atoms with Crippen molar-refractivity contribution < 1.29 is 13.2 Å². The molecule has 1 aromatic heterocycles. The molecule has 4 rings (SSSR count). The molecular formula is C20H19F3N4. The lowest BCUT2D eigenvalue weighted by atomic mass is 10.1. The molecule has 0 aliphatic carbocycles. The monoisotopic (exact) mass is 372 g/mol. The molecule has 1 N–H and O–H groups in total. The highest BCUT2D eigenvalue weighted by Gasteiger charge is 2.23. The average molecular weight is 372 g/mol. The van der Waals surface area contributed by atoms with E-state index < -0.39 is 12.2 Å². The first kappa shape index (κ1) is 17.6. The van der Waals surface area contributed by atoms with Crippen LogP contribution in [-0.4, -0.2) is 29.6 Å². The Morgan fingerprint density at radius 2 is 1.85 bits per heavy atom. The van der Waals surface area contributed by atoms with Crippen molar-refractivity contribution in [1.29, 1.82) is 0 Å². The van der Waals surface area contributed by atoms with Gasteiger partial charge in [-0.15, -0.1) is 0 Å². The normalized spacial score (nSPS) is 17.0. The summed E-state index contributed by atoms with van der Waals surface area (Å²) in [4.78, 5) is 10.2. The van der Waals surface area contributed by atoms with Crippen LogP contribution in [0.4, 0.5) is 24.7 Å². The predicted molar refractivity (Wildman–Crippen MR) is 99.7 cm³/mol. The molecule has 0 radical (unpaired) electrons. The smallest absolute Gasteiger partial charge is 0.297 e. The molecule has 1 aliphatic rings. The fraction of sp³-hybridized carbons (Fsp3) is 0.300. The Morgan fingerprint density at radius 1 is 1.07 bits per heavy atom. The first-order valence-corrected chi connectivity index (χ1v) is 8.89. The number of rotatable bonds is 5. The Labute approximate surface area is 155 Å². The van der Waals surface area contributed by atoms with Crippen LogP contribution >= 0.6 is 0 Å². The number of hydrogen-bond donors (Lipinski definition) is 1. The number of alkyl halides is 2. The molecule has 7 heteroatoms. The molecule has 1 atom stereocenters. The summed E-state index contributed by atoms with van der Waals surface area (Å²) in [5.41, 5.74) is 1.50. The standard InChI is InChI=1S/C20H19F3N4/c21-14-5-7-15(8-6-14)27-10-9-13(12-27)11-24-19-16-3-1-2-4-17(16)25-20(26-19)18(22)23/h1-8,13,18H,9-12H2,(H,24,25,26). The van der Waals surface area contributed by atoms with Gasteiger partial charge in [-0.3, -0.25) is 0 Å². The van der Waals surface area contributed by atoms with Crippen LogP contribution in [0.1, 0.15) is 18.7 Å². The third kappa shape index (κ3) is 3.82. The first-order chi connectivity index (χ1) is 13.1. The largest absolute Gasteiger partial charge is 0.371 e. The van der Waals surface area contributed by atoms with Gasteiger partial charge in [0.05, 0.1) is 5.52 Å². The second kappa shape index (κ2) is 7.42. The van der Waals surface area contributed by atoms with Gasteiger partial charge in [0.15, 0.2) is 5.82 Å². The summed E-state index contributed by atoms with van der Waals surface area (Å²) in [6.45, 7) is 2.33. The Kier molecular flexibility index (Phi) is 4.83. The van der Waals surface area contributed by atoms with Gasteiger partial charge in [-0.1, -0.05) is 12.1 Å². The molecule has 0 amide bonds. The Morgan fingerprint density at radius 3 is 2.63 bits per heavy atom. The van der Waals surface area contributed by atoms with E-state index in [2.05, 4.69) is 20.2 Å². The zero-order valence-electron chi connectivity index (χ0n) is 14.6. The van der Waals surface area contributed by atoms with Crippen LogP contribution in [0.3, 0.4) is 0 Å². The van der Waals surface area contributed by atoms with E-state index in [4.69, 9.17) is 0 Å². The van der Waals surface area contributed by atoms with Crippen molar-refractivity contribution in [2.45, 2.75) is 12.8 Å². The molecule has 4 nitrogen and oxygen atoms in total. The molecule has 0 bridgehead atoms. The van der Waals surface area contributed by atoms with Gasteiger partial charge in [-0.25, -0.2) is 23.1 Å². The van der Waals surface area contributed by atoms with Crippen molar-refractivity contribution in [2.24, 2.45) is 5.92 Å². The molecule has 1 unspecified atom stereocenters. The summed E-state index contributed by atoms with van der Waals surface area (Å²) in [6, 6.07) is 13.6. The maximum atomic E-state index is 13.1. The number of anilines is 2. The van der Waals surface area contributed by atoms with Crippen LogP contribution in [0.2, 0.25) is 0 Å². The second-order valence-electron chi connectivity index (χ2n) is 6.71. The molecule has 2 aromatic carbocycles. The average Bonchev–Trinajstić information content (AvgIpc) is 3.15. The van der Waals surface area contributed by atoms with Gasteiger partial charge in [-0.2, -0.15) is 0 Å². The molecule has 3 aromatic rings. The zero-order chi connectivity index (χ0) is 18.8. The van der Waals surface area contributed by atoms with Crippen molar-refractivity contribution >= 4 is 22.4 Å². The number of fused-ring (bicyclic) bond motifs is 1. The highest BCUT2D eigenvalue weighted by Crippen LogP contribution is 2.27. The number of nitrogens with one attached hydrogen (secondary N) is 1. The van der Waals surface area contributed by atoms with Gasteiger partial charge in [0.2, 0.25) is 0 Å². The predicted octanol–water partition coefficient (Wildman–Crippen LogP) is 4.64. The van der Waals surface area contributed by atoms with Crippen LogP contribution in [-0.2, 0) is 0 Å². The van der Waals surface area contributed by atoms with E-state index in [0.29, 0.717) is 23.8 Å². The van der Waals surface area contributed by atoms with Crippen molar-refractivity contribution in [2.75, 3.05) is 29.9 Å². The molecule has 27 heavy (non-hydrogen) atoms. The minimum atomic E-state index is -2.71. The Hall–Kier alpha value is -2.83. The lowest BCUT2D eigenvalue weighted by molar-refractivity contribution is 0.141. The summed E-state index contributed by atoms with van der Waals surface area (Å²) in [7, 11) is 0. The third-order valence-corrected chi connectivity index (χ3v) is 4.85. The molecule has 1 aliphatic heterocycles. The van der Waals surface area contributed by atoms with E-state index in [9.17, 15) is 13.2 Å². The van der Waals surface area contributed by atoms with E-state index in [1.807, 2.05) is 12.1 Å². The molecule has 2 heterocycles. The Balaban J connectivity index is 1.47. The second-order valence-corrected chi connectivity index (χ2v) is 6.71. The molecule has 0 saturated carbocycles. The van der Waals surface area contributed by atoms with Crippen LogP contribution in [0.25, 0.3) is 10.9 Å². The van der Waals surface area contributed by atoms with Gasteiger partial charge < -0.3 is 10.2 Å². The van der Waals surface area contributed by atoms with Crippen LogP contribution in [0.15, 0.2) is 48.5 Å². The highest BCUT2D eigenvalue weighted by molar-refractivity contribution is 5.89. The SMILES string of the molecule is Fc1ccc(N2CCC(CNc3nc(C(F)F)nc4ccccc34)C2)cc1. The lowest BCUT2D eigenvalue weighted by Gasteiger charge is -2.19. The summed E-state index contributed by atoms with van der Waals surface area (Å²) in [5, 5.41) is 3.97. The maximum Gasteiger partial charge on any atom is 0.297 e. The zero-order valence-corrected chi connectivity index (χ0v) is 14.6. The summed E-state index contributed by atoms with van der Waals surface area (Å²) >= 11 is 0. The van der Waals surface area contributed by atoms with E-state index in [1.165, 1.54) is 12.1 Å². The minimum Gasteiger partial charge on any atom is -0.371 e. The number of para-hydroxylation sites is 1. The van der Waals surface area contributed by atoms with Crippen molar-refractivity contribution in [3.63, 3.8) is 0 Å². The number of halogens is 3. The van der Waals surface area contributed by atoms with Gasteiger partial charge in [0.25, 0.3) is 6.43 Å². The minimum absolute atomic E-state index is 0.248. The van der Waals surface area contributed by atoms with Crippen LogP contribution in [0, 0.1) is 11.7 Å².